The number of rotatable bonds is 3. The van der Waals surface area contributed by atoms with Gasteiger partial charge in [0.05, 0.1) is 7.11 Å². The van der Waals surface area contributed by atoms with E-state index in [1.165, 1.54) is 18.1 Å². The van der Waals surface area contributed by atoms with Crippen LogP contribution in [0.5, 0.6) is 5.75 Å². The molecular weight excluding hydrogens is 284 g/mol. The standard InChI is InChI=1S/C12H9ClN4OS/c1-18-8-2-4-9(5-3-8)19-11-6-10(13)16-12-14-7-15-17(11)12/h2-7H,1H3. The summed E-state index contributed by atoms with van der Waals surface area (Å²) in [5.41, 5.74) is 0. The second-order valence-corrected chi connectivity index (χ2v) is 5.15. The molecular formula is C12H9ClN4OS. The number of fused-ring (bicyclic) bond motifs is 1. The van der Waals surface area contributed by atoms with Gasteiger partial charge in [-0.05, 0) is 24.3 Å². The molecule has 2 heterocycles. The molecule has 1 aromatic carbocycles. The van der Waals surface area contributed by atoms with Crippen molar-refractivity contribution >= 4 is 29.1 Å². The van der Waals surface area contributed by atoms with E-state index in [4.69, 9.17) is 16.3 Å². The molecule has 3 aromatic rings. The zero-order chi connectivity index (χ0) is 13.2. The highest BCUT2D eigenvalue weighted by molar-refractivity contribution is 7.99. The van der Waals surface area contributed by atoms with Crippen molar-refractivity contribution in [2.75, 3.05) is 7.11 Å². The van der Waals surface area contributed by atoms with Gasteiger partial charge in [0.15, 0.2) is 0 Å². The van der Waals surface area contributed by atoms with Crippen LogP contribution in [0, 0.1) is 0 Å². The summed E-state index contributed by atoms with van der Waals surface area (Å²) in [6.07, 6.45) is 1.46. The second kappa shape index (κ2) is 5.07. The third kappa shape index (κ3) is 2.50. The van der Waals surface area contributed by atoms with E-state index in [1.807, 2.05) is 24.3 Å². The first kappa shape index (κ1) is 12.3. The van der Waals surface area contributed by atoms with Crippen molar-refractivity contribution < 1.29 is 4.74 Å². The van der Waals surface area contributed by atoms with E-state index in [9.17, 15) is 0 Å². The van der Waals surface area contributed by atoms with Crippen LogP contribution in [0.4, 0.5) is 0 Å². The van der Waals surface area contributed by atoms with Gasteiger partial charge in [-0.3, -0.25) is 0 Å². The van der Waals surface area contributed by atoms with E-state index >= 15 is 0 Å². The Labute approximate surface area is 118 Å². The topological polar surface area (TPSA) is 52.3 Å². The minimum atomic E-state index is 0.400. The molecule has 7 heteroatoms. The Kier molecular flexibility index (Phi) is 3.27. The number of nitrogens with zero attached hydrogens (tertiary/aromatic N) is 4. The third-order valence-electron chi connectivity index (χ3n) is 2.47. The van der Waals surface area contributed by atoms with Gasteiger partial charge in [-0.2, -0.15) is 19.6 Å². The van der Waals surface area contributed by atoms with E-state index < -0.39 is 0 Å². The van der Waals surface area contributed by atoms with Gasteiger partial charge in [0.1, 0.15) is 22.3 Å². The van der Waals surface area contributed by atoms with Crippen molar-refractivity contribution in [3.63, 3.8) is 0 Å². The highest BCUT2D eigenvalue weighted by Crippen LogP contribution is 2.29. The van der Waals surface area contributed by atoms with Crippen LogP contribution in [0.25, 0.3) is 5.78 Å². The molecule has 0 aliphatic carbocycles. The summed E-state index contributed by atoms with van der Waals surface area (Å²) in [5, 5.41) is 5.39. The monoisotopic (exact) mass is 292 g/mol. The predicted molar refractivity (Wildman–Crippen MR) is 72.9 cm³/mol. The van der Waals surface area contributed by atoms with E-state index in [2.05, 4.69) is 15.1 Å². The fraction of sp³-hybridized carbons (Fsp3) is 0.0833. The minimum absolute atomic E-state index is 0.400. The lowest BCUT2D eigenvalue weighted by atomic mass is 10.3. The predicted octanol–water partition coefficient (Wildman–Crippen LogP) is 2.94. The van der Waals surface area contributed by atoms with Crippen LogP contribution < -0.4 is 4.74 Å². The maximum Gasteiger partial charge on any atom is 0.254 e. The van der Waals surface area contributed by atoms with Crippen molar-refractivity contribution in [2.45, 2.75) is 9.92 Å². The van der Waals surface area contributed by atoms with Gasteiger partial charge in [0.25, 0.3) is 5.78 Å². The lowest BCUT2D eigenvalue weighted by Crippen LogP contribution is -1.95. The molecule has 0 radical (unpaired) electrons. The Balaban J connectivity index is 1.97. The molecule has 0 fully saturated rings. The molecule has 0 saturated carbocycles. The smallest absolute Gasteiger partial charge is 0.254 e. The number of hydrogen-bond acceptors (Lipinski definition) is 5. The molecule has 0 atom stereocenters. The molecule has 0 bridgehead atoms. The Morgan fingerprint density at radius 2 is 2.05 bits per heavy atom. The lowest BCUT2D eigenvalue weighted by Gasteiger charge is -2.05. The molecule has 19 heavy (non-hydrogen) atoms. The summed E-state index contributed by atoms with van der Waals surface area (Å²) in [7, 11) is 1.64. The van der Waals surface area contributed by atoms with Crippen LogP contribution in [0.15, 0.2) is 46.6 Å². The molecule has 0 saturated heterocycles. The molecule has 0 N–H and O–H groups in total. The van der Waals surface area contributed by atoms with Crippen LogP contribution in [0.2, 0.25) is 5.15 Å². The number of hydrogen-bond donors (Lipinski definition) is 0. The molecule has 5 nitrogen and oxygen atoms in total. The summed E-state index contributed by atoms with van der Waals surface area (Å²) >= 11 is 7.50. The highest BCUT2D eigenvalue weighted by Gasteiger charge is 2.08. The van der Waals surface area contributed by atoms with E-state index in [0.717, 1.165) is 15.7 Å². The van der Waals surface area contributed by atoms with Crippen molar-refractivity contribution in [2.24, 2.45) is 0 Å². The zero-order valence-electron chi connectivity index (χ0n) is 9.95. The number of halogens is 1. The maximum absolute atomic E-state index is 5.97. The summed E-state index contributed by atoms with van der Waals surface area (Å²) in [6.45, 7) is 0. The van der Waals surface area contributed by atoms with Crippen LogP contribution in [0.1, 0.15) is 0 Å². The van der Waals surface area contributed by atoms with E-state index in [0.29, 0.717) is 10.9 Å². The summed E-state index contributed by atoms with van der Waals surface area (Å²) < 4.78 is 6.78. The van der Waals surface area contributed by atoms with Crippen molar-refractivity contribution in [3.8, 4) is 5.75 Å². The molecule has 0 aliphatic heterocycles. The number of methoxy groups -OCH3 is 1. The van der Waals surface area contributed by atoms with Crippen LogP contribution in [0.3, 0.4) is 0 Å². The van der Waals surface area contributed by atoms with Crippen LogP contribution in [-0.2, 0) is 0 Å². The maximum atomic E-state index is 5.97. The highest BCUT2D eigenvalue weighted by atomic mass is 35.5. The number of ether oxygens (including phenoxy) is 1. The quantitative estimate of drug-likeness (QED) is 0.695. The second-order valence-electron chi connectivity index (χ2n) is 3.67. The van der Waals surface area contributed by atoms with Crippen molar-refractivity contribution in [3.05, 3.63) is 41.8 Å². The van der Waals surface area contributed by atoms with Gasteiger partial charge in [-0.15, -0.1) is 0 Å². The molecule has 3 rings (SSSR count). The molecule has 0 spiro atoms. The number of aromatic nitrogens is 4. The molecule has 0 aliphatic rings. The molecule has 0 amide bonds. The van der Waals surface area contributed by atoms with E-state index in [-0.39, 0.29) is 0 Å². The molecule has 0 unspecified atom stereocenters. The molecule has 2 aromatic heterocycles. The normalized spacial score (nSPS) is 10.8. The van der Waals surface area contributed by atoms with Crippen LogP contribution in [-0.4, -0.2) is 26.7 Å². The summed E-state index contributed by atoms with van der Waals surface area (Å²) in [6, 6.07) is 9.52. The Hall–Kier alpha value is -1.79. The first-order valence-electron chi connectivity index (χ1n) is 5.44. The van der Waals surface area contributed by atoms with Gasteiger partial charge in [-0.1, -0.05) is 23.4 Å². The van der Waals surface area contributed by atoms with Gasteiger partial charge in [-0.25, -0.2) is 0 Å². The Morgan fingerprint density at radius 3 is 2.79 bits per heavy atom. The van der Waals surface area contributed by atoms with Gasteiger partial charge in [0.2, 0.25) is 0 Å². The Bertz CT molecular complexity index is 713. The van der Waals surface area contributed by atoms with E-state index in [1.54, 1.807) is 17.7 Å². The number of benzene rings is 1. The Morgan fingerprint density at radius 1 is 1.26 bits per heavy atom. The first-order valence-corrected chi connectivity index (χ1v) is 6.64. The SMILES string of the molecule is COc1ccc(Sc2cc(Cl)nc3ncnn23)cc1. The summed E-state index contributed by atoms with van der Waals surface area (Å²) in [4.78, 5) is 9.17. The fourth-order valence-corrected chi connectivity index (χ4v) is 2.74. The van der Waals surface area contributed by atoms with Gasteiger partial charge < -0.3 is 4.74 Å². The average Bonchev–Trinajstić information content (AvgIpc) is 2.88. The van der Waals surface area contributed by atoms with Crippen LogP contribution >= 0.6 is 23.4 Å². The van der Waals surface area contributed by atoms with Gasteiger partial charge >= 0.3 is 0 Å². The fourth-order valence-electron chi connectivity index (χ4n) is 1.60. The van der Waals surface area contributed by atoms with Gasteiger partial charge in [0, 0.05) is 11.0 Å². The minimum Gasteiger partial charge on any atom is -0.497 e. The summed E-state index contributed by atoms with van der Waals surface area (Å²) in [5.74, 6) is 1.31. The first-order chi connectivity index (χ1) is 9.26. The third-order valence-corrected chi connectivity index (χ3v) is 3.67. The lowest BCUT2D eigenvalue weighted by molar-refractivity contribution is 0.414. The van der Waals surface area contributed by atoms with Crippen molar-refractivity contribution in [1.82, 2.24) is 19.6 Å². The largest absolute Gasteiger partial charge is 0.497 e. The van der Waals surface area contributed by atoms with Crippen molar-refractivity contribution in [1.29, 1.82) is 0 Å². The average molecular weight is 293 g/mol. The molecule has 96 valence electrons. The zero-order valence-corrected chi connectivity index (χ0v) is 11.5.